The molecule has 0 bridgehead atoms. The van der Waals surface area contributed by atoms with Crippen LogP contribution in [0, 0.1) is 5.92 Å². The Bertz CT molecular complexity index is 980. The van der Waals surface area contributed by atoms with E-state index in [0.717, 1.165) is 11.3 Å². The van der Waals surface area contributed by atoms with Gasteiger partial charge >= 0.3 is 12.0 Å². The van der Waals surface area contributed by atoms with E-state index in [2.05, 4.69) is 10.5 Å². The molecule has 0 saturated carbocycles. The van der Waals surface area contributed by atoms with E-state index in [9.17, 15) is 9.59 Å². The molecule has 0 radical (unpaired) electrons. The SMILES string of the molecule is O=C(OCc1cc(-c2ccccc2)on1)C1CCN(C(=O)Nc2ccccc2)CC1. The summed E-state index contributed by atoms with van der Waals surface area (Å²) in [4.78, 5) is 26.5. The molecule has 2 amide bonds. The molecular weight excluding hydrogens is 382 g/mol. The van der Waals surface area contributed by atoms with Gasteiger partial charge in [0.05, 0.1) is 5.92 Å². The van der Waals surface area contributed by atoms with Gasteiger partial charge in [-0.1, -0.05) is 53.7 Å². The fraction of sp³-hybridized carbons (Fsp3) is 0.261. The lowest BCUT2D eigenvalue weighted by Gasteiger charge is -2.30. The van der Waals surface area contributed by atoms with E-state index in [1.807, 2.05) is 60.7 Å². The summed E-state index contributed by atoms with van der Waals surface area (Å²) in [5.74, 6) is 0.160. The number of amides is 2. The van der Waals surface area contributed by atoms with Crippen LogP contribution in [-0.2, 0) is 16.1 Å². The number of hydrogen-bond acceptors (Lipinski definition) is 5. The van der Waals surface area contributed by atoms with Crippen LogP contribution >= 0.6 is 0 Å². The normalized spacial score (nSPS) is 14.3. The first-order valence-electron chi connectivity index (χ1n) is 9.97. The number of rotatable bonds is 5. The maximum Gasteiger partial charge on any atom is 0.321 e. The Balaban J connectivity index is 1.23. The summed E-state index contributed by atoms with van der Waals surface area (Å²) in [7, 11) is 0. The molecule has 7 nitrogen and oxygen atoms in total. The second-order valence-electron chi connectivity index (χ2n) is 7.21. The first-order valence-corrected chi connectivity index (χ1v) is 9.97. The van der Waals surface area contributed by atoms with E-state index < -0.39 is 0 Å². The summed E-state index contributed by atoms with van der Waals surface area (Å²) in [5, 5.41) is 6.84. The number of likely N-dealkylation sites (tertiary alicyclic amines) is 1. The van der Waals surface area contributed by atoms with Crippen molar-refractivity contribution in [2.45, 2.75) is 19.4 Å². The van der Waals surface area contributed by atoms with Crippen LogP contribution in [0.25, 0.3) is 11.3 Å². The number of aromatic nitrogens is 1. The van der Waals surface area contributed by atoms with Crippen LogP contribution in [0.1, 0.15) is 18.5 Å². The van der Waals surface area contributed by atoms with Crippen molar-refractivity contribution in [2.75, 3.05) is 18.4 Å². The molecular formula is C23H23N3O4. The monoisotopic (exact) mass is 405 g/mol. The minimum Gasteiger partial charge on any atom is -0.459 e. The van der Waals surface area contributed by atoms with Crippen molar-refractivity contribution in [3.05, 3.63) is 72.4 Å². The zero-order valence-electron chi connectivity index (χ0n) is 16.5. The highest BCUT2D eigenvalue weighted by molar-refractivity contribution is 5.89. The molecule has 154 valence electrons. The van der Waals surface area contributed by atoms with Gasteiger partial charge in [-0.2, -0.15) is 0 Å². The van der Waals surface area contributed by atoms with Gasteiger partial charge in [-0.25, -0.2) is 4.79 Å². The second-order valence-corrected chi connectivity index (χ2v) is 7.21. The summed E-state index contributed by atoms with van der Waals surface area (Å²) in [6, 6.07) is 20.6. The topological polar surface area (TPSA) is 84.7 Å². The van der Waals surface area contributed by atoms with E-state index in [4.69, 9.17) is 9.26 Å². The third kappa shape index (κ3) is 4.86. The molecule has 0 atom stereocenters. The Kier molecular flexibility index (Phi) is 6.08. The van der Waals surface area contributed by atoms with Crippen LogP contribution in [0.2, 0.25) is 0 Å². The summed E-state index contributed by atoms with van der Waals surface area (Å²) in [6.07, 6.45) is 1.16. The highest BCUT2D eigenvalue weighted by atomic mass is 16.5. The molecule has 4 rings (SSSR count). The van der Waals surface area contributed by atoms with E-state index in [1.54, 1.807) is 11.0 Å². The van der Waals surface area contributed by atoms with Crippen LogP contribution in [0.3, 0.4) is 0 Å². The number of carbonyl (C=O) groups is 2. The Hall–Kier alpha value is -3.61. The van der Waals surface area contributed by atoms with Gasteiger partial charge in [0.1, 0.15) is 12.3 Å². The highest BCUT2D eigenvalue weighted by Gasteiger charge is 2.28. The number of benzene rings is 2. The summed E-state index contributed by atoms with van der Waals surface area (Å²) in [5.41, 5.74) is 2.25. The van der Waals surface area contributed by atoms with Crippen molar-refractivity contribution in [3.63, 3.8) is 0 Å². The number of piperidine rings is 1. The third-order valence-electron chi connectivity index (χ3n) is 5.12. The van der Waals surface area contributed by atoms with E-state index in [1.165, 1.54) is 0 Å². The Labute approximate surface area is 174 Å². The number of esters is 1. The van der Waals surface area contributed by atoms with Crippen molar-refractivity contribution in [2.24, 2.45) is 5.92 Å². The Morgan fingerprint density at radius 1 is 1.03 bits per heavy atom. The zero-order valence-corrected chi connectivity index (χ0v) is 16.5. The summed E-state index contributed by atoms with van der Waals surface area (Å²) in [6.45, 7) is 1.10. The van der Waals surface area contributed by atoms with Crippen LogP contribution in [0.4, 0.5) is 10.5 Å². The molecule has 1 fully saturated rings. The predicted octanol–water partition coefficient (Wildman–Crippen LogP) is 4.33. The van der Waals surface area contributed by atoms with Crippen LogP contribution in [-0.4, -0.2) is 35.1 Å². The van der Waals surface area contributed by atoms with Gasteiger partial charge in [-0.15, -0.1) is 0 Å². The molecule has 3 aromatic rings. The average molecular weight is 405 g/mol. The van der Waals surface area contributed by atoms with Gasteiger partial charge in [0, 0.05) is 30.4 Å². The maximum absolute atomic E-state index is 12.4. The molecule has 0 unspecified atom stereocenters. The number of para-hydroxylation sites is 1. The number of ether oxygens (including phenoxy) is 1. The maximum atomic E-state index is 12.4. The first kappa shape index (κ1) is 19.7. The predicted molar refractivity (Wildman–Crippen MR) is 111 cm³/mol. The smallest absolute Gasteiger partial charge is 0.321 e. The van der Waals surface area contributed by atoms with Gasteiger partial charge in [-0.3, -0.25) is 4.79 Å². The molecule has 0 spiro atoms. The van der Waals surface area contributed by atoms with Crippen molar-refractivity contribution in [1.29, 1.82) is 0 Å². The molecule has 2 aromatic carbocycles. The van der Waals surface area contributed by atoms with Gasteiger partial charge in [-0.05, 0) is 25.0 Å². The number of nitrogens with one attached hydrogen (secondary N) is 1. The number of carbonyl (C=O) groups excluding carboxylic acids is 2. The lowest BCUT2D eigenvalue weighted by atomic mass is 9.97. The first-order chi connectivity index (χ1) is 14.7. The van der Waals surface area contributed by atoms with Crippen LogP contribution in [0.15, 0.2) is 71.3 Å². The van der Waals surface area contributed by atoms with Crippen LogP contribution < -0.4 is 5.32 Å². The van der Waals surface area contributed by atoms with E-state index in [-0.39, 0.29) is 24.5 Å². The molecule has 0 aliphatic carbocycles. The number of urea groups is 1. The molecule has 7 heteroatoms. The van der Waals surface area contributed by atoms with Crippen LogP contribution in [0.5, 0.6) is 0 Å². The number of anilines is 1. The Morgan fingerprint density at radius 2 is 1.70 bits per heavy atom. The van der Waals surface area contributed by atoms with Gasteiger partial charge < -0.3 is 19.5 Å². The third-order valence-corrected chi connectivity index (χ3v) is 5.12. The molecule has 1 aromatic heterocycles. The number of hydrogen-bond donors (Lipinski definition) is 1. The molecule has 1 N–H and O–H groups in total. The molecule has 1 aliphatic heterocycles. The summed E-state index contributed by atoms with van der Waals surface area (Å²) < 4.78 is 10.8. The zero-order chi connectivity index (χ0) is 20.8. The minimum absolute atomic E-state index is 0.0733. The molecule has 30 heavy (non-hydrogen) atoms. The summed E-state index contributed by atoms with van der Waals surface area (Å²) >= 11 is 0. The lowest BCUT2D eigenvalue weighted by Crippen LogP contribution is -2.42. The largest absolute Gasteiger partial charge is 0.459 e. The van der Waals surface area contributed by atoms with Gasteiger partial charge in [0.15, 0.2) is 5.76 Å². The quantitative estimate of drug-likeness (QED) is 0.639. The molecule has 1 saturated heterocycles. The highest BCUT2D eigenvalue weighted by Crippen LogP contribution is 2.22. The molecule has 2 heterocycles. The van der Waals surface area contributed by atoms with E-state index in [0.29, 0.717) is 37.4 Å². The van der Waals surface area contributed by atoms with Crippen molar-refractivity contribution in [3.8, 4) is 11.3 Å². The number of nitrogens with zero attached hydrogens (tertiary/aromatic N) is 2. The van der Waals surface area contributed by atoms with Gasteiger partial charge in [0.2, 0.25) is 0 Å². The average Bonchev–Trinajstić information content (AvgIpc) is 3.28. The van der Waals surface area contributed by atoms with Gasteiger partial charge in [0.25, 0.3) is 0 Å². The Morgan fingerprint density at radius 3 is 2.40 bits per heavy atom. The van der Waals surface area contributed by atoms with Crippen molar-refractivity contribution < 1.29 is 18.8 Å². The minimum atomic E-state index is -0.262. The van der Waals surface area contributed by atoms with E-state index >= 15 is 0 Å². The second kappa shape index (κ2) is 9.26. The molecule has 1 aliphatic rings. The fourth-order valence-electron chi connectivity index (χ4n) is 3.42. The van der Waals surface area contributed by atoms with Crippen molar-refractivity contribution in [1.82, 2.24) is 10.1 Å². The lowest BCUT2D eigenvalue weighted by molar-refractivity contribution is -0.151. The fourth-order valence-corrected chi connectivity index (χ4v) is 3.42. The van der Waals surface area contributed by atoms with Crippen molar-refractivity contribution >= 4 is 17.7 Å². The standard InChI is InChI=1S/C23H23N3O4/c27-22(29-16-20-15-21(30-25-20)17-7-3-1-4-8-17)18-11-13-26(14-12-18)23(28)24-19-9-5-2-6-10-19/h1-10,15,18H,11-14,16H2,(H,24,28).